The Morgan fingerprint density at radius 1 is 1.27 bits per heavy atom. The normalized spacial score (nSPS) is 24.9. The van der Waals surface area contributed by atoms with Crippen molar-refractivity contribution in [3.63, 3.8) is 0 Å². The van der Waals surface area contributed by atoms with Gasteiger partial charge in [-0.15, -0.1) is 0 Å². The number of carbonyl (C=O) groups excluding carboxylic acids is 1. The molecule has 5 nitrogen and oxygen atoms in total. The zero-order valence-corrected chi connectivity index (χ0v) is 14.4. The van der Waals surface area contributed by atoms with Gasteiger partial charge in [0, 0.05) is 45.9 Å². The smallest absolute Gasteiger partial charge is 0.225 e. The summed E-state index contributed by atoms with van der Waals surface area (Å²) in [6, 6.07) is 0.526. The third kappa shape index (κ3) is 5.21. The highest BCUT2D eigenvalue weighted by atomic mass is 16.5. The fraction of sp³-hybridized carbons (Fsp3) is 0.941. The molecule has 0 aromatic carbocycles. The summed E-state index contributed by atoms with van der Waals surface area (Å²) in [7, 11) is 1.75. The van der Waals surface area contributed by atoms with E-state index in [9.17, 15) is 4.79 Å². The summed E-state index contributed by atoms with van der Waals surface area (Å²) in [5.41, 5.74) is 0. The van der Waals surface area contributed by atoms with Crippen LogP contribution < -0.4 is 0 Å². The first-order valence-corrected chi connectivity index (χ1v) is 8.72. The maximum atomic E-state index is 12.5. The van der Waals surface area contributed by atoms with Gasteiger partial charge in [0.15, 0.2) is 0 Å². The van der Waals surface area contributed by atoms with Crippen molar-refractivity contribution >= 4 is 5.91 Å². The maximum absolute atomic E-state index is 12.5. The first-order chi connectivity index (χ1) is 10.6. The van der Waals surface area contributed by atoms with Crippen molar-refractivity contribution in [3.05, 3.63) is 0 Å². The van der Waals surface area contributed by atoms with Gasteiger partial charge in [-0.3, -0.25) is 9.69 Å². The van der Waals surface area contributed by atoms with E-state index in [0.29, 0.717) is 18.4 Å². The summed E-state index contributed by atoms with van der Waals surface area (Å²) in [6.07, 6.45) is 3.94. The number of rotatable bonds is 6. The molecule has 0 bridgehead atoms. The highest BCUT2D eigenvalue weighted by Crippen LogP contribution is 2.22. The molecule has 1 atom stereocenters. The molecular weight excluding hydrogens is 280 g/mol. The molecule has 0 unspecified atom stereocenters. The molecule has 0 aliphatic carbocycles. The molecule has 2 fully saturated rings. The molecule has 5 heteroatoms. The van der Waals surface area contributed by atoms with E-state index < -0.39 is 0 Å². The van der Waals surface area contributed by atoms with Gasteiger partial charge in [0.05, 0.1) is 19.1 Å². The van der Waals surface area contributed by atoms with Crippen molar-refractivity contribution in [1.82, 2.24) is 9.80 Å². The summed E-state index contributed by atoms with van der Waals surface area (Å²) in [4.78, 5) is 16.9. The van der Waals surface area contributed by atoms with Gasteiger partial charge in [-0.2, -0.15) is 0 Å². The van der Waals surface area contributed by atoms with Gasteiger partial charge in [-0.1, -0.05) is 0 Å². The maximum Gasteiger partial charge on any atom is 0.225 e. The first kappa shape index (κ1) is 17.7. The molecule has 0 saturated carbocycles. The predicted molar refractivity (Wildman–Crippen MR) is 86.9 cm³/mol. The van der Waals surface area contributed by atoms with Crippen LogP contribution in [-0.2, 0) is 14.3 Å². The second-order valence-electron chi connectivity index (χ2n) is 6.89. The van der Waals surface area contributed by atoms with E-state index in [0.717, 1.165) is 58.7 Å². The molecule has 0 spiro atoms. The van der Waals surface area contributed by atoms with Crippen LogP contribution in [0.5, 0.6) is 0 Å². The summed E-state index contributed by atoms with van der Waals surface area (Å²) in [5.74, 6) is 0.979. The number of amides is 1. The largest absolute Gasteiger partial charge is 0.385 e. The van der Waals surface area contributed by atoms with Gasteiger partial charge < -0.3 is 14.4 Å². The zero-order valence-electron chi connectivity index (χ0n) is 14.4. The van der Waals surface area contributed by atoms with Gasteiger partial charge in [0.25, 0.3) is 0 Å². The molecular formula is C17H32N2O3. The molecule has 1 amide bonds. The highest BCUT2D eigenvalue weighted by Gasteiger charge is 2.28. The van der Waals surface area contributed by atoms with Crippen LogP contribution in [0.2, 0.25) is 0 Å². The minimum Gasteiger partial charge on any atom is -0.385 e. The van der Waals surface area contributed by atoms with Crippen molar-refractivity contribution in [2.24, 2.45) is 5.92 Å². The Labute approximate surface area is 134 Å². The van der Waals surface area contributed by atoms with Crippen LogP contribution in [0.3, 0.4) is 0 Å². The fourth-order valence-electron chi connectivity index (χ4n) is 3.41. The minimum absolute atomic E-state index is 0.0647. The monoisotopic (exact) mass is 312 g/mol. The average Bonchev–Trinajstić information content (AvgIpc) is 2.53. The molecule has 128 valence electrons. The highest BCUT2D eigenvalue weighted by molar-refractivity contribution is 5.76. The summed E-state index contributed by atoms with van der Waals surface area (Å²) < 4.78 is 10.9. The van der Waals surface area contributed by atoms with E-state index in [-0.39, 0.29) is 12.0 Å². The lowest BCUT2D eigenvalue weighted by atomic mass is 9.93. The average molecular weight is 312 g/mol. The molecule has 0 radical (unpaired) electrons. The van der Waals surface area contributed by atoms with E-state index in [4.69, 9.17) is 9.47 Å². The number of carbonyl (C=O) groups is 1. The third-order valence-electron chi connectivity index (χ3n) is 5.00. The second kappa shape index (κ2) is 8.85. The number of nitrogens with zero attached hydrogens (tertiary/aromatic N) is 2. The van der Waals surface area contributed by atoms with E-state index in [2.05, 4.69) is 18.7 Å². The second-order valence-corrected chi connectivity index (χ2v) is 6.89. The van der Waals surface area contributed by atoms with Crippen LogP contribution >= 0.6 is 0 Å². The number of hydrogen-bond acceptors (Lipinski definition) is 4. The van der Waals surface area contributed by atoms with Crippen molar-refractivity contribution in [2.45, 2.75) is 51.7 Å². The lowest BCUT2D eigenvalue weighted by Gasteiger charge is -2.37. The van der Waals surface area contributed by atoms with Crippen LogP contribution in [0.25, 0.3) is 0 Å². The first-order valence-electron chi connectivity index (χ1n) is 8.72. The molecule has 2 saturated heterocycles. The van der Waals surface area contributed by atoms with E-state index >= 15 is 0 Å². The van der Waals surface area contributed by atoms with Crippen LogP contribution in [0.4, 0.5) is 0 Å². The van der Waals surface area contributed by atoms with E-state index in [1.54, 1.807) is 7.11 Å². The number of hydrogen-bond donors (Lipinski definition) is 0. The number of ether oxygens (including phenoxy) is 2. The molecule has 2 heterocycles. The standard InChI is InChI=1S/C17H32N2O3/c1-14(2)19-9-11-22-16(13-19)12-17(20)18-7-4-15(5-8-18)6-10-21-3/h14-16H,4-13H2,1-3H3/t16-/m1/s1. The summed E-state index contributed by atoms with van der Waals surface area (Å²) in [5, 5.41) is 0. The van der Waals surface area contributed by atoms with Crippen LogP contribution in [0, 0.1) is 5.92 Å². The van der Waals surface area contributed by atoms with Gasteiger partial charge in [0.2, 0.25) is 5.91 Å². The number of morpholine rings is 1. The Morgan fingerprint density at radius 2 is 2.00 bits per heavy atom. The quantitative estimate of drug-likeness (QED) is 0.749. The molecule has 22 heavy (non-hydrogen) atoms. The Kier molecular flexibility index (Phi) is 7.12. The Hall–Kier alpha value is -0.650. The lowest BCUT2D eigenvalue weighted by Crippen LogP contribution is -2.48. The van der Waals surface area contributed by atoms with E-state index in [1.807, 2.05) is 4.90 Å². The van der Waals surface area contributed by atoms with Crippen LogP contribution in [0.1, 0.15) is 39.5 Å². The van der Waals surface area contributed by atoms with Crippen LogP contribution in [-0.4, -0.2) is 74.4 Å². The Balaban J connectivity index is 1.71. The number of likely N-dealkylation sites (tertiary alicyclic amines) is 1. The molecule has 0 aromatic rings. The van der Waals surface area contributed by atoms with Crippen molar-refractivity contribution in [2.75, 3.05) is 46.5 Å². The predicted octanol–water partition coefficient (Wildman–Crippen LogP) is 1.76. The molecule has 0 N–H and O–H groups in total. The van der Waals surface area contributed by atoms with Gasteiger partial charge in [-0.25, -0.2) is 0 Å². The summed E-state index contributed by atoms with van der Waals surface area (Å²) >= 11 is 0. The topological polar surface area (TPSA) is 42.0 Å². The van der Waals surface area contributed by atoms with E-state index in [1.165, 1.54) is 0 Å². The zero-order chi connectivity index (χ0) is 15.9. The lowest BCUT2D eigenvalue weighted by molar-refractivity contribution is -0.138. The molecule has 2 aliphatic rings. The minimum atomic E-state index is 0.0647. The molecule has 0 aromatic heterocycles. The van der Waals surface area contributed by atoms with Gasteiger partial charge >= 0.3 is 0 Å². The van der Waals surface area contributed by atoms with Gasteiger partial charge in [-0.05, 0) is 39.0 Å². The summed E-state index contributed by atoms with van der Waals surface area (Å²) in [6.45, 7) is 9.64. The Morgan fingerprint density at radius 3 is 2.64 bits per heavy atom. The number of methoxy groups -OCH3 is 1. The molecule has 2 rings (SSSR count). The van der Waals surface area contributed by atoms with Crippen molar-refractivity contribution < 1.29 is 14.3 Å². The van der Waals surface area contributed by atoms with Crippen LogP contribution in [0.15, 0.2) is 0 Å². The molecule has 2 aliphatic heterocycles. The van der Waals surface area contributed by atoms with Crippen molar-refractivity contribution in [3.8, 4) is 0 Å². The number of piperidine rings is 1. The van der Waals surface area contributed by atoms with Gasteiger partial charge in [0.1, 0.15) is 0 Å². The van der Waals surface area contributed by atoms with Crippen molar-refractivity contribution in [1.29, 1.82) is 0 Å². The third-order valence-corrected chi connectivity index (χ3v) is 5.00. The SMILES string of the molecule is COCCC1CCN(C(=O)C[C@@H]2CN(C(C)C)CCO2)CC1. The fourth-order valence-corrected chi connectivity index (χ4v) is 3.41. The Bertz CT molecular complexity index is 341.